The van der Waals surface area contributed by atoms with Crippen LogP contribution in [0.2, 0.25) is 0 Å². The molecule has 0 radical (unpaired) electrons. The highest BCUT2D eigenvalue weighted by atomic mass is 32.2. The Morgan fingerprint density at radius 3 is 2.81 bits per heavy atom. The fourth-order valence-corrected chi connectivity index (χ4v) is 3.46. The first-order chi connectivity index (χ1) is 10.1. The van der Waals surface area contributed by atoms with E-state index in [0.29, 0.717) is 17.9 Å². The van der Waals surface area contributed by atoms with Crippen LogP contribution in [0.25, 0.3) is 0 Å². The molecule has 0 saturated heterocycles. The van der Waals surface area contributed by atoms with Crippen LogP contribution in [0.3, 0.4) is 0 Å². The fourth-order valence-electron chi connectivity index (χ4n) is 1.83. The minimum absolute atomic E-state index is 0.140. The summed E-state index contributed by atoms with van der Waals surface area (Å²) >= 11 is 1.56. The van der Waals surface area contributed by atoms with Crippen LogP contribution in [0.5, 0.6) is 0 Å². The minimum Gasteiger partial charge on any atom is -0.384 e. The van der Waals surface area contributed by atoms with Crippen molar-refractivity contribution in [2.24, 2.45) is 0 Å². The van der Waals surface area contributed by atoms with E-state index in [1.807, 2.05) is 25.3 Å². The number of rotatable bonds is 6. The lowest BCUT2D eigenvalue weighted by Crippen LogP contribution is -2.15. The number of thioether (sulfide) groups is 1. The van der Waals surface area contributed by atoms with Gasteiger partial charge in [-0.3, -0.25) is 9.71 Å². The highest BCUT2D eigenvalue weighted by Crippen LogP contribution is 2.24. The Morgan fingerprint density at radius 2 is 2.10 bits per heavy atom. The standard InChI is InChI=1S/C14H17N3O2S2/c1-3-16-13-7-8-15-10-14(13)21(18,19)17-11-5-4-6-12(9-11)20-2/h4-10,17H,3H2,1-2H3,(H,15,16). The van der Waals surface area contributed by atoms with Gasteiger partial charge in [-0.2, -0.15) is 0 Å². The summed E-state index contributed by atoms with van der Waals surface area (Å²) in [5, 5.41) is 3.03. The number of nitrogens with one attached hydrogen (secondary N) is 2. The predicted molar refractivity (Wildman–Crippen MR) is 87.4 cm³/mol. The van der Waals surface area contributed by atoms with Crippen molar-refractivity contribution in [3.8, 4) is 0 Å². The maximum Gasteiger partial charge on any atom is 0.265 e. The van der Waals surface area contributed by atoms with Gasteiger partial charge in [0.2, 0.25) is 0 Å². The molecule has 0 aliphatic rings. The molecule has 5 nitrogen and oxygen atoms in total. The molecule has 2 rings (SSSR count). The van der Waals surface area contributed by atoms with Gasteiger partial charge >= 0.3 is 0 Å². The largest absolute Gasteiger partial charge is 0.384 e. The van der Waals surface area contributed by atoms with Gasteiger partial charge in [-0.05, 0) is 37.4 Å². The number of hydrogen-bond donors (Lipinski definition) is 2. The summed E-state index contributed by atoms with van der Waals surface area (Å²) in [7, 11) is -3.68. The first-order valence-electron chi connectivity index (χ1n) is 6.41. The van der Waals surface area contributed by atoms with Crippen molar-refractivity contribution in [3.05, 3.63) is 42.7 Å². The second kappa shape index (κ2) is 6.82. The first-order valence-corrected chi connectivity index (χ1v) is 9.12. The van der Waals surface area contributed by atoms with Crippen LogP contribution < -0.4 is 10.0 Å². The topological polar surface area (TPSA) is 71.1 Å². The summed E-state index contributed by atoms with van der Waals surface area (Å²) in [5.41, 5.74) is 1.08. The summed E-state index contributed by atoms with van der Waals surface area (Å²) in [6.07, 6.45) is 4.85. The van der Waals surface area contributed by atoms with Gasteiger partial charge in [0.25, 0.3) is 10.0 Å². The monoisotopic (exact) mass is 323 g/mol. The zero-order valence-corrected chi connectivity index (χ0v) is 13.5. The third-order valence-corrected chi connectivity index (χ3v) is 4.90. The lowest BCUT2D eigenvalue weighted by molar-refractivity contribution is 0.601. The maximum absolute atomic E-state index is 12.5. The Hall–Kier alpha value is -1.73. The Balaban J connectivity index is 2.34. The molecule has 0 atom stereocenters. The van der Waals surface area contributed by atoms with Gasteiger partial charge in [0.05, 0.1) is 5.69 Å². The van der Waals surface area contributed by atoms with Gasteiger partial charge in [-0.1, -0.05) is 6.07 Å². The van der Waals surface area contributed by atoms with E-state index >= 15 is 0 Å². The average Bonchev–Trinajstić information content (AvgIpc) is 2.48. The first kappa shape index (κ1) is 15.7. The number of hydrogen-bond acceptors (Lipinski definition) is 5. The molecule has 1 aromatic heterocycles. The van der Waals surface area contributed by atoms with Crippen LogP contribution in [0, 0.1) is 0 Å². The van der Waals surface area contributed by atoms with Crippen molar-refractivity contribution >= 4 is 33.2 Å². The number of benzene rings is 1. The molecule has 112 valence electrons. The quantitative estimate of drug-likeness (QED) is 0.800. The van der Waals surface area contributed by atoms with E-state index in [1.54, 1.807) is 36.2 Å². The smallest absolute Gasteiger partial charge is 0.265 e. The average molecular weight is 323 g/mol. The van der Waals surface area contributed by atoms with Crippen LogP contribution >= 0.6 is 11.8 Å². The van der Waals surface area contributed by atoms with E-state index in [0.717, 1.165) is 4.90 Å². The van der Waals surface area contributed by atoms with Gasteiger partial charge in [0.15, 0.2) is 0 Å². The van der Waals surface area contributed by atoms with Gasteiger partial charge in [-0.25, -0.2) is 8.42 Å². The zero-order chi connectivity index (χ0) is 15.3. The Bertz CT molecular complexity index is 718. The van der Waals surface area contributed by atoms with Crippen molar-refractivity contribution in [2.75, 3.05) is 22.8 Å². The highest BCUT2D eigenvalue weighted by Gasteiger charge is 2.18. The molecule has 0 saturated carbocycles. The predicted octanol–water partition coefficient (Wildman–Crippen LogP) is 3.04. The lowest BCUT2D eigenvalue weighted by Gasteiger charge is -2.12. The van der Waals surface area contributed by atoms with Crippen LogP contribution in [0.15, 0.2) is 52.5 Å². The molecule has 0 aliphatic heterocycles. The minimum atomic E-state index is -3.68. The maximum atomic E-state index is 12.5. The fraction of sp³-hybridized carbons (Fsp3) is 0.214. The SMILES string of the molecule is CCNc1ccncc1S(=O)(=O)Nc1cccc(SC)c1. The van der Waals surface area contributed by atoms with Crippen molar-refractivity contribution in [1.29, 1.82) is 0 Å². The summed E-state index contributed by atoms with van der Waals surface area (Å²) in [4.78, 5) is 5.04. The Kier molecular flexibility index (Phi) is 5.08. The van der Waals surface area contributed by atoms with Crippen LogP contribution in [-0.2, 0) is 10.0 Å². The molecule has 0 spiro atoms. The molecule has 2 aromatic rings. The molecule has 2 N–H and O–H groups in total. The lowest BCUT2D eigenvalue weighted by atomic mass is 10.3. The van der Waals surface area contributed by atoms with Crippen molar-refractivity contribution in [1.82, 2.24) is 4.98 Å². The van der Waals surface area contributed by atoms with Crippen molar-refractivity contribution < 1.29 is 8.42 Å². The number of pyridine rings is 1. The Morgan fingerprint density at radius 1 is 1.29 bits per heavy atom. The van der Waals surface area contributed by atoms with Gasteiger partial charge in [-0.15, -0.1) is 11.8 Å². The molecule has 1 aromatic carbocycles. The normalized spacial score (nSPS) is 11.1. The van der Waals surface area contributed by atoms with E-state index in [4.69, 9.17) is 0 Å². The third kappa shape index (κ3) is 3.89. The Labute approximate surface area is 129 Å². The van der Waals surface area contributed by atoms with Crippen LogP contribution in [-0.4, -0.2) is 26.2 Å². The van der Waals surface area contributed by atoms with Crippen molar-refractivity contribution in [3.63, 3.8) is 0 Å². The van der Waals surface area contributed by atoms with E-state index in [1.165, 1.54) is 6.20 Å². The molecule has 0 aliphatic carbocycles. The number of nitrogens with zero attached hydrogens (tertiary/aromatic N) is 1. The van der Waals surface area contributed by atoms with Crippen molar-refractivity contribution in [2.45, 2.75) is 16.7 Å². The second-order valence-electron chi connectivity index (χ2n) is 4.24. The van der Waals surface area contributed by atoms with E-state index < -0.39 is 10.0 Å². The second-order valence-corrected chi connectivity index (χ2v) is 6.77. The molecular formula is C14H17N3O2S2. The third-order valence-electron chi connectivity index (χ3n) is 2.76. The number of aromatic nitrogens is 1. The van der Waals surface area contributed by atoms with E-state index in [9.17, 15) is 8.42 Å². The molecule has 1 heterocycles. The number of sulfonamides is 1. The van der Waals surface area contributed by atoms with E-state index in [2.05, 4.69) is 15.0 Å². The summed E-state index contributed by atoms with van der Waals surface area (Å²) < 4.78 is 27.6. The van der Waals surface area contributed by atoms with Crippen LogP contribution in [0.4, 0.5) is 11.4 Å². The van der Waals surface area contributed by atoms with Gasteiger partial charge in [0.1, 0.15) is 4.90 Å². The summed E-state index contributed by atoms with van der Waals surface area (Å²) in [6, 6.07) is 8.91. The molecule has 0 fully saturated rings. The summed E-state index contributed by atoms with van der Waals surface area (Å²) in [6.45, 7) is 2.54. The zero-order valence-electron chi connectivity index (χ0n) is 11.8. The molecule has 0 unspecified atom stereocenters. The van der Waals surface area contributed by atoms with Gasteiger partial charge < -0.3 is 5.32 Å². The molecule has 0 bridgehead atoms. The summed E-state index contributed by atoms with van der Waals surface area (Å²) in [5.74, 6) is 0. The molecule has 7 heteroatoms. The van der Waals surface area contributed by atoms with Gasteiger partial charge in [0, 0.05) is 29.5 Å². The van der Waals surface area contributed by atoms with Crippen LogP contribution in [0.1, 0.15) is 6.92 Å². The molecule has 0 amide bonds. The molecule has 21 heavy (non-hydrogen) atoms. The van der Waals surface area contributed by atoms with E-state index in [-0.39, 0.29) is 4.90 Å². The molecular weight excluding hydrogens is 306 g/mol. The highest BCUT2D eigenvalue weighted by molar-refractivity contribution is 7.98. The number of anilines is 2.